The Hall–Kier alpha value is -1.86. The van der Waals surface area contributed by atoms with Crippen molar-refractivity contribution in [3.63, 3.8) is 0 Å². The van der Waals surface area contributed by atoms with Crippen molar-refractivity contribution >= 4 is 12.2 Å². The molecule has 0 fully saturated rings. The first kappa shape index (κ1) is 14.5. The molecule has 20 heavy (non-hydrogen) atoms. The van der Waals surface area contributed by atoms with E-state index in [0.29, 0.717) is 0 Å². The van der Waals surface area contributed by atoms with E-state index in [1.807, 2.05) is 0 Å². The number of aryl methyl sites for hydroxylation is 3. The van der Waals surface area contributed by atoms with Gasteiger partial charge in [0.05, 0.1) is 0 Å². The zero-order chi connectivity index (χ0) is 14.4. The molecule has 0 aromatic heterocycles. The molecule has 0 radical (unpaired) electrons. The lowest BCUT2D eigenvalue weighted by atomic mass is 10.0. The first-order chi connectivity index (χ1) is 9.69. The SMILES string of the molecule is Cc1cc(C)cc(/C=C\c2ccccc2CCCN)c1. The maximum Gasteiger partial charge on any atom is -0.00741 e. The maximum absolute atomic E-state index is 5.61. The Balaban J connectivity index is 2.22. The first-order valence-corrected chi connectivity index (χ1v) is 7.23. The summed E-state index contributed by atoms with van der Waals surface area (Å²) in [5.74, 6) is 0. The molecule has 2 N–H and O–H groups in total. The van der Waals surface area contributed by atoms with Crippen molar-refractivity contribution in [2.75, 3.05) is 6.54 Å². The molecule has 0 aliphatic heterocycles. The molecule has 1 heteroatoms. The quantitative estimate of drug-likeness (QED) is 0.798. The maximum atomic E-state index is 5.61. The molecule has 0 atom stereocenters. The zero-order valence-corrected chi connectivity index (χ0v) is 12.4. The van der Waals surface area contributed by atoms with Crippen LogP contribution in [-0.4, -0.2) is 6.54 Å². The molecule has 2 aromatic carbocycles. The molecule has 1 nitrogen and oxygen atoms in total. The molecule has 0 heterocycles. The van der Waals surface area contributed by atoms with Crippen LogP contribution in [0.15, 0.2) is 42.5 Å². The molecule has 2 aromatic rings. The van der Waals surface area contributed by atoms with Crippen LogP contribution in [0.1, 0.15) is 34.2 Å². The van der Waals surface area contributed by atoms with Gasteiger partial charge in [0.25, 0.3) is 0 Å². The van der Waals surface area contributed by atoms with Crippen LogP contribution in [0.25, 0.3) is 12.2 Å². The monoisotopic (exact) mass is 265 g/mol. The standard InChI is InChI=1S/C19H23N/c1-15-12-16(2)14-17(13-15)9-10-19-7-4-3-6-18(19)8-5-11-20/h3-4,6-7,9-10,12-14H,5,8,11,20H2,1-2H3/b10-9-. The van der Waals surface area contributed by atoms with Crippen LogP contribution in [0.4, 0.5) is 0 Å². The van der Waals surface area contributed by atoms with Gasteiger partial charge < -0.3 is 5.73 Å². The van der Waals surface area contributed by atoms with E-state index in [0.717, 1.165) is 19.4 Å². The summed E-state index contributed by atoms with van der Waals surface area (Å²) in [4.78, 5) is 0. The van der Waals surface area contributed by atoms with Crippen LogP contribution in [-0.2, 0) is 6.42 Å². The molecule has 0 aliphatic rings. The summed E-state index contributed by atoms with van der Waals surface area (Å²) in [6.45, 7) is 5.02. The van der Waals surface area contributed by atoms with Gasteiger partial charge in [-0.05, 0) is 49.9 Å². The highest BCUT2D eigenvalue weighted by atomic mass is 14.5. The van der Waals surface area contributed by atoms with Gasteiger partial charge in [-0.3, -0.25) is 0 Å². The van der Waals surface area contributed by atoms with Crippen LogP contribution in [0.2, 0.25) is 0 Å². The van der Waals surface area contributed by atoms with E-state index in [9.17, 15) is 0 Å². The number of hydrogen-bond acceptors (Lipinski definition) is 1. The van der Waals surface area contributed by atoms with Crippen LogP contribution in [0.3, 0.4) is 0 Å². The van der Waals surface area contributed by atoms with Crippen molar-refractivity contribution in [3.8, 4) is 0 Å². The highest BCUT2D eigenvalue weighted by Crippen LogP contribution is 2.16. The van der Waals surface area contributed by atoms with E-state index in [1.165, 1.54) is 27.8 Å². The highest BCUT2D eigenvalue weighted by Gasteiger charge is 1.98. The lowest BCUT2D eigenvalue weighted by molar-refractivity contribution is 0.831. The van der Waals surface area contributed by atoms with Gasteiger partial charge in [-0.2, -0.15) is 0 Å². The average molecular weight is 265 g/mol. The lowest BCUT2D eigenvalue weighted by Gasteiger charge is -2.05. The predicted molar refractivity (Wildman–Crippen MR) is 88.7 cm³/mol. The summed E-state index contributed by atoms with van der Waals surface area (Å²) in [6, 6.07) is 15.2. The van der Waals surface area contributed by atoms with Crippen molar-refractivity contribution < 1.29 is 0 Å². The van der Waals surface area contributed by atoms with Crippen molar-refractivity contribution in [1.82, 2.24) is 0 Å². The Morgan fingerprint density at radius 1 is 0.950 bits per heavy atom. The van der Waals surface area contributed by atoms with Crippen LogP contribution < -0.4 is 5.73 Å². The second kappa shape index (κ2) is 7.06. The Bertz CT molecular complexity index is 576. The van der Waals surface area contributed by atoms with Crippen LogP contribution >= 0.6 is 0 Å². The highest BCUT2D eigenvalue weighted by molar-refractivity contribution is 5.71. The van der Waals surface area contributed by atoms with Crippen LogP contribution in [0, 0.1) is 13.8 Å². The number of rotatable bonds is 5. The van der Waals surface area contributed by atoms with E-state index in [4.69, 9.17) is 5.73 Å². The molecular weight excluding hydrogens is 242 g/mol. The zero-order valence-electron chi connectivity index (χ0n) is 12.4. The minimum Gasteiger partial charge on any atom is -0.330 e. The van der Waals surface area contributed by atoms with Crippen molar-refractivity contribution in [3.05, 3.63) is 70.3 Å². The van der Waals surface area contributed by atoms with Gasteiger partial charge >= 0.3 is 0 Å². The van der Waals surface area contributed by atoms with Crippen LogP contribution in [0.5, 0.6) is 0 Å². The summed E-state index contributed by atoms with van der Waals surface area (Å²) in [5.41, 5.74) is 12.1. The number of benzene rings is 2. The fourth-order valence-corrected chi connectivity index (χ4v) is 2.51. The fraction of sp³-hybridized carbons (Fsp3) is 0.263. The smallest absolute Gasteiger partial charge is 0.00741 e. The van der Waals surface area contributed by atoms with Gasteiger partial charge in [0.15, 0.2) is 0 Å². The van der Waals surface area contributed by atoms with Crippen molar-refractivity contribution in [2.45, 2.75) is 26.7 Å². The molecule has 0 spiro atoms. The van der Waals surface area contributed by atoms with Gasteiger partial charge in [-0.15, -0.1) is 0 Å². The van der Waals surface area contributed by atoms with E-state index < -0.39 is 0 Å². The molecule has 2 rings (SSSR count). The fourth-order valence-electron chi connectivity index (χ4n) is 2.51. The minimum atomic E-state index is 0.745. The van der Waals surface area contributed by atoms with Crippen molar-refractivity contribution in [1.29, 1.82) is 0 Å². The molecule has 104 valence electrons. The third kappa shape index (κ3) is 4.07. The molecule has 0 saturated carbocycles. The first-order valence-electron chi connectivity index (χ1n) is 7.23. The molecule has 0 unspecified atom stereocenters. The Morgan fingerprint density at radius 3 is 2.35 bits per heavy atom. The normalized spacial score (nSPS) is 11.2. The molecule has 0 amide bonds. The van der Waals surface area contributed by atoms with E-state index >= 15 is 0 Å². The van der Waals surface area contributed by atoms with Gasteiger partial charge in [-0.25, -0.2) is 0 Å². The Labute approximate surface area is 122 Å². The summed E-state index contributed by atoms with van der Waals surface area (Å²) in [7, 11) is 0. The Kier molecular flexibility index (Phi) is 5.14. The summed E-state index contributed by atoms with van der Waals surface area (Å²) in [5, 5.41) is 0. The summed E-state index contributed by atoms with van der Waals surface area (Å²) in [6.07, 6.45) is 6.49. The van der Waals surface area contributed by atoms with E-state index in [1.54, 1.807) is 0 Å². The summed E-state index contributed by atoms with van der Waals surface area (Å²) >= 11 is 0. The van der Waals surface area contributed by atoms with Gasteiger partial charge in [0.1, 0.15) is 0 Å². The third-order valence-electron chi connectivity index (χ3n) is 3.40. The van der Waals surface area contributed by atoms with Crippen molar-refractivity contribution in [2.24, 2.45) is 5.73 Å². The van der Waals surface area contributed by atoms with E-state index in [2.05, 4.69) is 68.5 Å². The largest absolute Gasteiger partial charge is 0.330 e. The van der Waals surface area contributed by atoms with Gasteiger partial charge in [-0.1, -0.05) is 65.7 Å². The molecule has 0 saturated heterocycles. The second-order valence-electron chi connectivity index (χ2n) is 5.35. The van der Waals surface area contributed by atoms with Gasteiger partial charge in [0.2, 0.25) is 0 Å². The Morgan fingerprint density at radius 2 is 1.65 bits per heavy atom. The third-order valence-corrected chi connectivity index (χ3v) is 3.40. The summed E-state index contributed by atoms with van der Waals surface area (Å²) < 4.78 is 0. The van der Waals surface area contributed by atoms with E-state index in [-0.39, 0.29) is 0 Å². The molecular formula is C19H23N. The number of nitrogens with two attached hydrogens (primary N) is 1. The predicted octanol–water partition coefficient (Wildman–Crippen LogP) is 4.37. The molecule has 0 bridgehead atoms. The average Bonchev–Trinajstić information content (AvgIpc) is 2.43. The minimum absolute atomic E-state index is 0.745. The topological polar surface area (TPSA) is 26.0 Å². The molecule has 0 aliphatic carbocycles. The lowest BCUT2D eigenvalue weighted by Crippen LogP contribution is -2.01. The number of hydrogen-bond donors (Lipinski definition) is 1. The second-order valence-corrected chi connectivity index (χ2v) is 5.35. The van der Waals surface area contributed by atoms with Gasteiger partial charge in [0, 0.05) is 0 Å².